The Kier molecular flexibility index (Phi) is 4.41. The third-order valence-electron chi connectivity index (χ3n) is 5.06. The van der Waals surface area contributed by atoms with E-state index in [0.717, 1.165) is 25.0 Å². The molecule has 0 saturated heterocycles. The van der Waals surface area contributed by atoms with E-state index in [4.69, 9.17) is 5.73 Å². The van der Waals surface area contributed by atoms with Crippen LogP contribution in [0.4, 0.5) is 8.78 Å². The van der Waals surface area contributed by atoms with Gasteiger partial charge in [-0.2, -0.15) is 4.39 Å². The van der Waals surface area contributed by atoms with Gasteiger partial charge in [-0.05, 0) is 49.1 Å². The van der Waals surface area contributed by atoms with Crippen molar-refractivity contribution in [2.24, 2.45) is 16.6 Å². The van der Waals surface area contributed by atoms with Gasteiger partial charge < -0.3 is 5.73 Å². The molecule has 2 aliphatic rings. The largest absolute Gasteiger partial charge is 0.379 e. The van der Waals surface area contributed by atoms with Crippen LogP contribution in [0.25, 0.3) is 0 Å². The molecule has 4 rings (SSSR count). The number of fused-ring (bicyclic) bond motifs is 1. The quantitative estimate of drug-likeness (QED) is 0.614. The summed E-state index contributed by atoms with van der Waals surface area (Å²) in [5, 5.41) is 0.511. The molecule has 1 aromatic heterocycles. The van der Waals surface area contributed by atoms with Crippen LogP contribution in [0.1, 0.15) is 36.0 Å². The van der Waals surface area contributed by atoms with Gasteiger partial charge in [0.1, 0.15) is 5.82 Å². The van der Waals surface area contributed by atoms with E-state index >= 15 is 0 Å². The fourth-order valence-corrected chi connectivity index (χ4v) is 4.85. The summed E-state index contributed by atoms with van der Waals surface area (Å²) in [6.45, 7) is 0. The average Bonchev–Trinajstić information content (AvgIpc) is 3.06. The van der Waals surface area contributed by atoms with Crippen LogP contribution >= 0.6 is 11.8 Å². The monoisotopic (exact) mass is 369 g/mol. The fourth-order valence-electron chi connectivity index (χ4n) is 3.81. The molecule has 3 nitrogen and oxygen atoms in total. The Morgan fingerprint density at radius 3 is 2.96 bits per heavy atom. The second-order valence-corrected chi connectivity index (χ2v) is 7.60. The van der Waals surface area contributed by atoms with Crippen molar-refractivity contribution in [2.75, 3.05) is 5.75 Å². The summed E-state index contributed by atoms with van der Waals surface area (Å²) in [5.41, 5.74) is 6.75. The summed E-state index contributed by atoms with van der Waals surface area (Å²) in [6.07, 6.45) is 4.17. The summed E-state index contributed by atoms with van der Waals surface area (Å²) < 4.78 is 28.3. The highest BCUT2D eigenvalue weighted by molar-refractivity contribution is 8.13. The second-order valence-electron chi connectivity index (χ2n) is 6.56. The standard InChI is InChI=1S/C20H17F2N3S/c21-17-8-6-13(5-7-14-3-2-10-24-18(14)22)11-16(17)20-9-1-4-15(20)12-26-19(23)25-20/h2-3,6,8,10-11,15H,1,4,9,12H2,(H2,23,25)/t15-,20?/m0/s1. The number of thioether (sulfide) groups is 1. The van der Waals surface area contributed by atoms with E-state index in [2.05, 4.69) is 21.8 Å². The van der Waals surface area contributed by atoms with Crippen LogP contribution in [0, 0.1) is 29.5 Å². The SMILES string of the molecule is NC1=NC2(c3cc(C#Cc4cccnc4F)ccc3F)CCC[C@H]2CS1. The summed E-state index contributed by atoms with van der Waals surface area (Å²) in [4.78, 5) is 8.26. The summed E-state index contributed by atoms with van der Waals surface area (Å²) in [5.74, 6) is 5.90. The first kappa shape index (κ1) is 17.0. The second kappa shape index (κ2) is 6.73. The highest BCUT2D eigenvalue weighted by Crippen LogP contribution is 2.51. The highest BCUT2D eigenvalue weighted by Gasteiger charge is 2.47. The van der Waals surface area contributed by atoms with Crippen molar-refractivity contribution in [3.8, 4) is 11.8 Å². The third-order valence-corrected chi connectivity index (χ3v) is 6.02. The number of hydrogen-bond acceptors (Lipinski definition) is 4. The van der Waals surface area contributed by atoms with Gasteiger partial charge in [0.05, 0.1) is 11.1 Å². The minimum atomic E-state index is -0.613. The Hall–Kier alpha value is -2.39. The molecule has 1 aliphatic carbocycles. The molecule has 1 aliphatic heterocycles. The number of benzene rings is 1. The van der Waals surface area contributed by atoms with Gasteiger partial charge in [0.15, 0.2) is 5.17 Å². The van der Waals surface area contributed by atoms with Crippen molar-refractivity contribution in [1.82, 2.24) is 4.98 Å². The molecule has 0 bridgehead atoms. The Morgan fingerprint density at radius 1 is 1.23 bits per heavy atom. The number of rotatable bonds is 1. The smallest absolute Gasteiger partial charge is 0.228 e. The van der Waals surface area contributed by atoms with E-state index in [9.17, 15) is 8.78 Å². The van der Waals surface area contributed by atoms with E-state index in [1.165, 1.54) is 24.0 Å². The molecule has 6 heteroatoms. The van der Waals surface area contributed by atoms with E-state index in [1.807, 2.05) is 0 Å². The number of aliphatic imine (C=N–C) groups is 1. The predicted octanol–water partition coefficient (Wildman–Crippen LogP) is 3.82. The summed E-state index contributed by atoms with van der Waals surface area (Å²) in [7, 11) is 0. The lowest BCUT2D eigenvalue weighted by Crippen LogP contribution is -2.37. The number of aromatic nitrogens is 1. The van der Waals surface area contributed by atoms with E-state index in [0.29, 0.717) is 16.3 Å². The van der Waals surface area contributed by atoms with Crippen molar-refractivity contribution in [3.63, 3.8) is 0 Å². The van der Waals surface area contributed by atoms with Gasteiger partial charge in [-0.15, -0.1) is 0 Å². The number of amidine groups is 1. The zero-order chi connectivity index (χ0) is 18.1. The topological polar surface area (TPSA) is 51.3 Å². The maximum absolute atomic E-state index is 14.7. The first-order valence-electron chi connectivity index (χ1n) is 8.49. The van der Waals surface area contributed by atoms with Gasteiger partial charge >= 0.3 is 0 Å². The zero-order valence-corrected chi connectivity index (χ0v) is 14.8. The maximum Gasteiger partial charge on any atom is 0.228 e. The number of nitrogens with zero attached hydrogens (tertiary/aromatic N) is 2. The van der Waals surface area contributed by atoms with Crippen LogP contribution in [0.15, 0.2) is 41.5 Å². The molecule has 1 saturated carbocycles. The Morgan fingerprint density at radius 2 is 2.12 bits per heavy atom. The Bertz CT molecular complexity index is 948. The highest BCUT2D eigenvalue weighted by atomic mass is 32.2. The van der Waals surface area contributed by atoms with Crippen LogP contribution in [-0.4, -0.2) is 15.9 Å². The molecule has 2 heterocycles. The molecule has 2 atom stereocenters. The minimum absolute atomic E-state index is 0.214. The van der Waals surface area contributed by atoms with Crippen LogP contribution in [0.5, 0.6) is 0 Å². The first-order valence-corrected chi connectivity index (χ1v) is 9.48. The molecular weight excluding hydrogens is 352 g/mol. The van der Waals surface area contributed by atoms with Crippen LogP contribution in [0.3, 0.4) is 0 Å². The maximum atomic E-state index is 14.7. The molecule has 132 valence electrons. The number of pyridine rings is 1. The van der Waals surface area contributed by atoms with E-state index in [-0.39, 0.29) is 17.3 Å². The first-order chi connectivity index (χ1) is 12.6. The summed E-state index contributed by atoms with van der Waals surface area (Å²) in [6, 6.07) is 7.95. The predicted molar refractivity (Wildman–Crippen MR) is 99.7 cm³/mol. The van der Waals surface area contributed by atoms with E-state index in [1.54, 1.807) is 24.3 Å². The average molecular weight is 369 g/mol. The van der Waals surface area contributed by atoms with Crippen molar-refractivity contribution in [2.45, 2.75) is 24.8 Å². The molecular formula is C20H17F2N3S. The minimum Gasteiger partial charge on any atom is -0.379 e. The van der Waals surface area contributed by atoms with Crippen molar-refractivity contribution in [1.29, 1.82) is 0 Å². The molecule has 1 fully saturated rings. The van der Waals surface area contributed by atoms with Gasteiger partial charge in [0, 0.05) is 23.1 Å². The van der Waals surface area contributed by atoms with Crippen molar-refractivity contribution in [3.05, 3.63) is 65.0 Å². The molecule has 0 radical (unpaired) electrons. The lowest BCUT2D eigenvalue weighted by Gasteiger charge is -2.36. The lowest BCUT2D eigenvalue weighted by atomic mass is 9.80. The Labute approximate surface area is 155 Å². The molecule has 2 N–H and O–H groups in total. The van der Waals surface area contributed by atoms with Gasteiger partial charge in [-0.25, -0.2) is 9.37 Å². The fraction of sp³-hybridized carbons (Fsp3) is 0.300. The number of nitrogens with two attached hydrogens (primary N) is 1. The van der Waals surface area contributed by atoms with Crippen LogP contribution < -0.4 is 5.73 Å². The Balaban J connectivity index is 1.76. The van der Waals surface area contributed by atoms with Gasteiger partial charge in [-0.3, -0.25) is 4.99 Å². The van der Waals surface area contributed by atoms with Gasteiger partial charge in [0.25, 0.3) is 0 Å². The van der Waals surface area contributed by atoms with Crippen molar-refractivity contribution < 1.29 is 8.78 Å². The molecule has 1 aromatic carbocycles. The normalized spacial score (nSPS) is 24.4. The third kappa shape index (κ3) is 2.97. The van der Waals surface area contributed by atoms with Gasteiger partial charge in [-0.1, -0.05) is 30.0 Å². The zero-order valence-electron chi connectivity index (χ0n) is 14.0. The van der Waals surface area contributed by atoms with Crippen LogP contribution in [-0.2, 0) is 5.54 Å². The molecule has 1 unspecified atom stereocenters. The number of hydrogen-bond donors (Lipinski definition) is 1. The van der Waals surface area contributed by atoms with Crippen LogP contribution in [0.2, 0.25) is 0 Å². The molecule has 0 spiro atoms. The van der Waals surface area contributed by atoms with E-state index < -0.39 is 11.5 Å². The lowest BCUT2D eigenvalue weighted by molar-refractivity contribution is 0.341. The number of halogens is 2. The molecule has 26 heavy (non-hydrogen) atoms. The molecule has 0 amide bonds. The van der Waals surface area contributed by atoms with Crippen molar-refractivity contribution >= 4 is 16.9 Å². The molecule has 2 aromatic rings. The van der Waals surface area contributed by atoms with Gasteiger partial charge in [0.2, 0.25) is 5.95 Å². The summed E-state index contributed by atoms with van der Waals surface area (Å²) >= 11 is 1.54.